The molecule has 104 valence electrons. The molecule has 0 saturated carbocycles. The number of nitrogens with one attached hydrogen (secondary N) is 1. The van der Waals surface area contributed by atoms with Crippen LogP contribution in [0.1, 0.15) is 31.9 Å². The zero-order chi connectivity index (χ0) is 14.9. The molecule has 0 aliphatic heterocycles. The molecule has 20 heavy (non-hydrogen) atoms. The number of hydrogen-bond donors (Lipinski definition) is 2. The van der Waals surface area contributed by atoms with Gasteiger partial charge in [-0.3, -0.25) is 0 Å². The van der Waals surface area contributed by atoms with E-state index >= 15 is 0 Å². The first kappa shape index (κ1) is 14.0. The van der Waals surface area contributed by atoms with E-state index in [-0.39, 0.29) is 5.41 Å². The standard InChI is InChI=1S/C16H19N3O/c1-16(2,3)12-7-10(5-6-14(12)20-4)13-8-11(9-17)15(18)19-13/h5-8,19H,18H2,1-4H3. The van der Waals surface area contributed by atoms with Crippen molar-refractivity contribution >= 4 is 5.82 Å². The third-order valence-corrected chi connectivity index (χ3v) is 3.29. The molecular formula is C16H19N3O. The number of nitrogen functional groups attached to an aromatic ring is 1. The van der Waals surface area contributed by atoms with E-state index in [4.69, 9.17) is 15.7 Å². The van der Waals surface area contributed by atoms with Crippen molar-refractivity contribution in [1.29, 1.82) is 5.26 Å². The number of aromatic nitrogens is 1. The lowest BCUT2D eigenvalue weighted by atomic mass is 9.85. The average Bonchev–Trinajstić information content (AvgIpc) is 2.78. The predicted molar refractivity (Wildman–Crippen MR) is 80.6 cm³/mol. The molecule has 0 unspecified atom stereocenters. The normalized spacial score (nSPS) is 11.2. The van der Waals surface area contributed by atoms with E-state index in [0.717, 1.165) is 22.6 Å². The number of methoxy groups -OCH3 is 1. The summed E-state index contributed by atoms with van der Waals surface area (Å²) in [6.07, 6.45) is 0. The second-order valence-corrected chi connectivity index (χ2v) is 5.79. The molecule has 0 amide bonds. The highest BCUT2D eigenvalue weighted by Gasteiger charge is 2.20. The molecule has 4 heteroatoms. The number of ether oxygens (including phenoxy) is 1. The van der Waals surface area contributed by atoms with Gasteiger partial charge in [0.05, 0.1) is 12.7 Å². The minimum absolute atomic E-state index is 0.0302. The van der Waals surface area contributed by atoms with Gasteiger partial charge in [0, 0.05) is 11.3 Å². The van der Waals surface area contributed by atoms with Gasteiger partial charge in [-0.05, 0) is 35.2 Å². The maximum absolute atomic E-state index is 8.97. The van der Waals surface area contributed by atoms with E-state index in [1.54, 1.807) is 13.2 Å². The lowest BCUT2D eigenvalue weighted by Crippen LogP contribution is -2.12. The molecular weight excluding hydrogens is 250 g/mol. The fraction of sp³-hybridized carbons (Fsp3) is 0.312. The maximum Gasteiger partial charge on any atom is 0.122 e. The van der Waals surface area contributed by atoms with E-state index < -0.39 is 0 Å². The van der Waals surface area contributed by atoms with Gasteiger partial charge in [0.1, 0.15) is 17.6 Å². The van der Waals surface area contributed by atoms with Crippen molar-refractivity contribution in [2.45, 2.75) is 26.2 Å². The topological polar surface area (TPSA) is 74.8 Å². The summed E-state index contributed by atoms with van der Waals surface area (Å²) < 4.78 is 5.43. The van der Waals surface area contributed by atoms with Crippen LogP contribution >= 0.6 is 0 Å². The Morgan fingerprint density at radius 1 is 1.25 bits per heavy atom. The SMILES string of the molecule is COc1ccc(-c2cc(C#N)c(N)[nH]2)cc1C(C)(C)C. The highest BCUT2D eigenvalue weighted by molar-refractivity contribution is 5.69. The molecule has 0 atom stereocenters. The highest BCUT2D eigenvalue weighted by atomic mass is 16.5. The Kier molecular flexibility index (Phi) is 3.46. The van der Waals surface area contributed by atoms with Crippen molar-refractivity contribution in [2.24, 2.45) is 0 Å². The van der Waals surface area contributed by atoms with Gasteiger partial charge in [-0.15, -0.1) is 0 Å². The Labute approximate surface area is 119 Å². The number of nitrogens with zero attached hydrogens (tertiary/aromatic N) is 1. The van der Waals surface area contributed by atoms with Crippen LogP contribution in [0.5, 0.6) is 5.75 Å². The molecule has 0 fully saturated rings. The second-order valence-electron chi connectivity index (χ2n) is 5.79. The van der Waals surface area contributed by atoms with Crippen LogP contribution < -0.4 is 10.5 Å². The molecule has 0 aliphatic rings. The number of hydrogen-bond acceptors (Lipinski definition) is 3. The fourth-order valence-electron chi connectivity index (χ4n) is 2.18. The fourth-order valence-corrected chi connectivity index (χ4v) is 2.18. The number of H-pyrrole nitrogens is 1. The number of anilines is 1. The maximum atomic E-state index is 8.97. The zero-order valence-electron chi connectivity index (χ0n) is 12.2. The first-order valence-corrected chi connectivity index (χ1v) is 6.44. The van der Waals surface area contributed by atoms with Gasteiger partial charge in [0.15, 0.2) is 0 Å². The van der Waals surface area contributed by atoms with Gasteiger partial charge in [-0.1, -0.05) is 20.8 Å². The molecule has 1 aromatic carbocycles. The van der Waals surface area contributed by atoms with Crippen molar-refractivity contribution in [1.82, 2.24) is 4.98 Å². The predicted octanol–water partition coefficient (Wildman–Crippen LogP) is 3.44. The summed E-state index contributed by atoms with van der Waals surface area (Å²) in [6.45, 7) is 6.41. The number of nitriles is 1. The van der Waals surface area contributed by atoms with Gasteiger partial charge >= 0.3 is 0 Å². The first-order chi connectivity index (χ1) is 9.36. The summed E-state index contributed by atoms with van der Waals surface area (Å²) >= 11 is 0. The average molecular weight is 269 g/mol. The van der Waals surface area contributed by atoms with E-state index in [0.29, 0.717) is 11.4 Å². The molecule has 1 heterocycles. The molecule has 2 aromatic rings. The van der Waals surface area contributed by atoms with Crippen LogP contribution in [-0.4, -0.2) is 12.1 Å². The van der Waals surface area contributed by atoms with Crippen LogP contribution in [0, 0.1) is 11.3 Å². The number of nitrogens with two attached hydrogens (primary N) is 1. The summed E-state index contributed by atoms with van der Waals surface area (Å²) in [5, 5.41) is 8.97. The second kappa shape index (κ2) is 4.93. The molecule has 0 bridgehead atoms. The van der Waals surface area contributed by atoms with Gasteiger partial charge in [0.2, 0.25) is 0 Å². The molecule has 4 nitrogen and oxygen atoms in total. The number of rotatable bonds is 2. The number of aromatic amines is 1. The summed E-state index contributed by atoms with van der Waals surface area (Å²) in [7, 11) is 1.67. The lowest BCUT2D eigenvalue weighted by Gasteiger charge is -2.22. The van der Waals surface area contributed by atoms with Crippen LogP contribution in [0.25, 0.3) is 11.3 Å². The zero-order valence-corrected chi connectivity index (χ0v) is 12.2. The van der Waals surface area contributed by atoms with Crippen molar-refractivity contribution in [3.05, 3.63) is 35.4 Å². The van der Waals surface area contributed by atoms with Crippen molar-refractivity contribution in [3.8, 4) is 23.1 Å². The van der Waals surface area contributed by atoms with Crippen LogP contribution in [0.2, 0.25) is 0 Å². The molecule has 2 rings (SSSR count). The Morgan fingerprint density at radius 2 is 1.95 bits per heavy atom. The van der Waals surface area contributed by atoms with Gasteiger partial charge in [-0.2, -0.15) is 5.26 Å². The Balaban J connectivity index is 2.56. The van der Waals surface area contributed by atoms with E-state index in [9.17, 15) is 0 Å². The molecule has 0 radical (unpaired) electrons. The monoisotopic (exact) mass is 269 g/mol. The Bertz CT molecular complexity index is 672. The number of benzene rings is 1. The van der Waals surface area contributed by atoms with Crippen molar-refractivity contribution in [3.63, 3.8) is 0 Å². The highest BCUT2D eigenvalue weighted by Crippen LogP contribution is 2.35. The Morgan fingerprint density at radius 3 is 2.45 bits per heavy atom. The molecule has 0 aliphatic carbocycles. The van der Waals surface area contributed by atoms with Crippen LogP contribution in [0.3, 0.4) is 0 Å². The summed E-state index contributed by atoms with van der Waals surface area (Å²) in [5.74, 6) is 1.26. The largest absolute Gasteiger partial charge is 0.496 e. The van der Waals surface area contributed by atoms with Crippen LogP contribution in [0.15, 0.2) is 24.3 Å². The third-order valence-electron chi connectivity index (χ3n) is 3.29. The smallest absolute Gasteiger partial charge is 0.122 e. The van der Waals surface area contributed by atoms with Crippen LogP contribution in [-0.2, 0) is 5.41 Å². The van der Waals surface area contributed by atoms with Gasteiger partial charge in [0.25, 0.3) is 0 Å². The summed E-state index contributed by atoms with van der Waals surface area (Å²) in [6, 6.07) is 9.82. The van der Waals surface area contributed by atoms with Crippen molar-refractivity contribution < 1.29 is 4.74 Å². The Hall–Kier alpha value is -2.41. The van der Waals surface area contributed by atoms with E-state index in [2.05, 4.69) is 37.9 Å². The first-order valence-electron chi connectivity index (χ1n) is 6.44. The van der Waals surface area contributed by atoms with Crippen LogP contribution in [0.4, 0.5) is 5.82 Å². The molecule has 0 spiro atoms. The summed E-state index contributed by atoms with van der Waals surface area (Å²) in [4.78, 5) is 3.04. The quantitative estimate of drug-likeness (QED) is 0.876. The summed E-state index contributed by atoms with van der Waals surface area (Å²) in [5.41, 5.74) is 9.15. The third kappa shape index (κ3) is 2.48. The van der Waals surface area contributed by atoms with Gasteiger partial charge in [-0.25, -0.2) is 0 Å². The lowest BCUT2D eigenvalue weighted by molar-refractivity contribution is 0.397. The van der Waals surface area contributed by atoms with Crippen molar-refractivity contribution in [2.75, 3.05) is 12.8 Å². The molecule has 1 aromatic heterocycles. The van der Waals surface area contributed by atoms with Gasteiger partial charge < -0.3 is 15.5 Å². The van der Waals surface area contributed by atoms with E-state index in [1.165, 1.54) is 0 Å². The molecule has 0 saturated heterocycles. The minimum atomic E-state index is -0.0302. The minimum Gasteiger partial charge on any atom is -0.496 e. The molecule has 3 N–H and O–H groups in total. The van der Waals surface area contributed by atoms with E-state index in [1.807, 2.05) is 12.1 Å².